The average Bonchev–Trinajstić information content (AvgIpc) is 2.89. The first-order valence-corrected chi connectivity index (χ1v) is 7.24. The molecule has 0 saturated carbocycles. The predicted octanol–water partition coefficient (Wildman–Crippen LogP) is 2.82. The third-order valence-electron chi connectivity index (χ3n) is 3.99. The Hall–Kier alpha value is -1.10. The number of aliphatic carboxylic acids is 1. The topological polar surface area (TPSA) is 49.8 Å². The Bertz CT molecular complexity index is 480. The lowest BCUT2D eigenvalue weighted by Gasteiger charge is -2.34. The summed E-state index contributed by atoms with van der Waals surface area (Å²) in [7, 11) is 0. The van der Waals surface area contributed by atoms with Gasteiger partial charge in [-0.3, -0.25) is 9.69 Å². The number of nitrogens with zero attached hydrogens (tertiary/aromatic N) is 1. The Morgan fingerprint density at radius 2 is 2.30 bits per heavy atom. The van der Waals surface area contributed by atoms with Gasteiger partial charge in [0.25, 0.3) is 0 Å². The number of carboxylic acids is 1. The molecule has 1 saturated heterocycles. The highest BCUT2D eigenvalue weighted by atomic mass is 35.5. The molecule has 4 nitrogen and oxygen atoms in total. The molecule has 1 heterocycles. The van der Waals surface area contributed by atoms with Crippen molar-refractivity contribution in [2.75, 3.05) is 19.8 Å². The number of hydrogen-bond acceptors (Lipinski definition) is 3. The average molecular weight is 298 g/mol. The molecule has 1 fully saturated rings. The third-order valence-corrected chi connectivity index (χ3v) is 4.22. The molecule has 1 aliphatic heterocycles. The van der Waals surface area contributed by atoms with E-state index in [1.54, 1.807) is 0 Å². The lowest BCUT2D eigenvalue weighted by molar-refractivity contribution is -0.143. The van der Waals surface area contributed by atoms with Gasteiger partial charge in [-0.25, -0.2) is 0 Å². The summed E-state index contributed by atoms with van der Waals surface area (Å²) in [6.45, 7) is 5.64. The fourth-order valence-electron chi connectivity index (χ4n) is 2.86. The second-order valence-electron chi connectivity index (χ2n) is 5.11. The fraction of sp³-hybridized carbons (Fsp3) is 0.533. The van der Waals surface area contributed by atoms with Crippen molar-refractivity contribution in [3.8, 4) is 0 Å². The molecule has 3 atom stereocenters. The van der Waals surface area contributed by atoms with Gasteiger partial charge in [-0.05, 0) is 31.2 Å². The SMILES string of the molecule is CCN(C(C)c1cccc(Cl)c1)C1COCC1C(=O)O. The van der Waals surface area contributed by atoms with E-state index in [9.17, 15) is 9.90 Å². The zero-order valence-corrected chi connectivity index (χ0v) is 12.5. The van der Waals surface area contributed by atoms with Crippen LogP contribution in [0, 0.1) is 5.92 Å². The molecule has 1 aliphatic rings. The predicted molar refractivity (Wildman–Crippen MR) is 78.0 cm³/mol. The molecule has 20 heavy (non-hydrogen) atoms. The summed E-state index contributed by atoms with van der Waals surface area (Å²) in [5.74, 6) is -1.25. The summed E-state index contributed by atoms with van der Waals surface area (Å²) in [5, 5.41) is 9.99. The summed E-state index contributed by atoms with van der Waals surface area (Å²) < 4.78 is 5.38. The molecule has 0 radical (unpaired) electrons. The Morgan fingerprint density at radius 3 is 2.90 bits per heavy atom. The van der Waals surface area contributed by atoms with Crippen molar-refractivity contribution in [2.45, 2.75) is 25.9 Å². The number of rotatable bonds is 5. The third kappa shape index (κ3) is 3.14. The van der Waals surface area contributed by atoms with Crippen LogP contribution in [0.4, 0.5) is 0 Å². The van der Waals surface area contributed by atoms with E-state index in [4.69, 9.17) is 16.3 Å². The fourth-order valence-corrected chi connectivity index (χ4v) is 3.06. The number of carbonyl (C=O) groups is 1. The van der Waals surface area contributed by atoms with Crippen molar-refractivity contribution in [2.24, 2.45) is 5.92 Å². The minimum Gasteiger partial charge on any atom is -0.481 e. The Balaban J connectivity index is 2.21. The lowest BCUT2D eigenvalue weighted by atomic mass is 9.98. The van der Waals surface area contributed by atoms with Crippen molar-refractivity contribution >= 4 is 17.6 Å². The second-order valence-corrected chi connectivity index (χ2v) is 5.55. The van der Waals surface area contributed by atoms with E-state index in [1.165, 1.54) is 0 Å². The maximum atomic E-state index is 11.3. The van der Waals surface area contributed by atoms with Crippen LogP contribution in [0.1, 0.15) is 25.5 Å². The molecule has 1 N–H and O–H groups in total. The van der Waals surface area contributed by atoms with Crippen LogP contribution in [0.5, 0.6) is 0 Å². The van der Waals surface area contributed by atoms with Crippen LogP contribution >= 0.6 is 11.6 Å². The minimum atomic E-state index is -0.788. The van der Waals surface area contributed by atoms with Gasteiger partial charge in [0.2, 0.25) is 0 Å². The van der Waals surface area contributed by atoms with Crippen LogP contribution in [0.3, 0.4) is 0 Å². The van der Waals surface area contributed by atoms with Crippen LogP contribution in [0.15, 0.2) is 24.3 Å². The van der Waals surface area contributed by atoms with E-state index in [1.807, 2.05) is 31.2 Å². The largest absolute Gasteiger partial charge is 0.481 e. The van der Waals surface area contributed by atoms with E-state index in [0.717, 1.165) is 12.1 Å². The molecule has 2 rings (SSSR count). The van der Waals surface area contributed by atoms with E-state index in [-0.39, 0.29) is 12.1 Å². The molecule has 1 aromatic carbocycles. The molecule has 3 unspecified atom stereocenters. The molecular formula is C15H20ClNO3. The minimum absolute atomic E-state index is 0.0912. The molecule has 0 aliphatic carbocycles. The van der Waals surface area contributed by atoms with Gasteiger partial charge in [0.15, 0.2) is 0 Å². The van der Waals surface area contributed by atoms with E-state index in [0.29, 0.717) is 18.2 Å². The molecule has 1 aromatic rings. The highest BCUT2D eigenvalue weighted by Crippen LogP contribution is 2.29. The van der Waals surface area contributed by atoms with Crippen LogP contribution in [-0.4, -0.2) is 41.8 Å². The quantitative estimate of drug-likeness (QED) is 0.908. The second kappa shape index (κ2) is 6.57. The van der Waals surface area contributed by atoms with Gasteiger partial charge in [-0.1, -0.05) is 30.7 Å². The van der Waals surface area contributed by atoms with Crippen LogP contribution < -0.4 is 0 Å². The van der Waals surface area contributed by atoms with Gasteiger partial charge in [-0.15, -0.1) is 0 Å². The number of ether oxygens (including phenoxy) is 1. The summed E-state index contributed by atoms with van der Waals surface area (Å²) in [6, 6.07) is 7.72. The van der Waals surface area contributed by atoms with E-state index in [2.05, 4.69) is 11.8 Å². The highest BCUT2D eigenvalue weighted by Gasteiger charge is 2.39. The van der Waals surface area contributed by atoms with Crippen LogP contribution in [0.25, 0.3) is 0 Å². The highest BCUT2D eigenvalue weighted by molar-refractivity contribution is 6.30. The van der Waals surface area contributed by atoms with Crippen LogP contribution in [0.2, 0.25) is 5.02 Å². The summed E-state index contributed by atoms with van der Waals surface area (Å²) in [4.78, 5) is 13.5. The van der Waals surface area contributed by atoms with Gasteiger partial charge in [0.1, 0.15) is 0 Å². The Labute approximate surface area is 124 Å². The number of likely N-dealkylation sites (N-methyl/N-ethyl adjacent to an activating group) is 1. The monoisotopic (exact) mass is 297 g/mol. The maximum absolute atomic E-state index is 11.3. The molecule has 0 amide bonds. The van der Waals surface area contributed by atoms with Gasteiger partial charge >= 0.3 is 5.97 Å². The van der Waals surface area contributed by atoms with Crippen molar-refractivity contribution < 1.29 is 14.6 Å². The zero-order valence-electron chi connectivity index (χ0n) is 11.8. The number of carboxylic acid groups (broad SMARTS) is 1. The summed E-state index contributed by atoms with van der Waals surface area (Å²) in [6.07, 6.45) is 0. The zero-order chi connectivity index (χ0) is 14.7. The molecule has 0 spiro atoms. The van der Waals surface area contributed by atoms with Gasteiger partial charge in [-0.2, -0.15) is 0 Å². The first-order valence-electron chi connectivity index (χ1n) is 6.86. The van der Waals surface area contributed by atoms with E-state index < -0.39 is 11.9 Å². The summed E-state index contributed by atoms with van der Waals surface area (Å²) in [5.41, 5.74) is 1.09. The van der Waals surface area contributed by atoms with Gasteiger partial charge in [0, 0.05) is 17.1 Å². The van der Waals surface area contributed by atoms with E-state index >= 15 is 0 Å². The Kier molecular flexibility index (Phi) is 5.02. The van der Waals surface area contributed by atoms with Crippen molar-refractivity contribution in [1.82, 2.24) is 4.90 Å². The van der Waals surface area contributed by atoms with Crippen LogP contribution in [-0.2, 0) is 9.53 Å². The molecule has 110 valence electrons. The van der Waals surface area contributed by atoms with Gasteiger partial charge in [0.05, 0.1) is 19.1 Å². The lowest BCUT2D eigenvalue weighted by Crippen LogP contribution is -2.44. The first kappa shape index (κ1) is 15.3. The first-order chi connectivity index (χ1) is 9.54. The van der Waals surface area contributed by atoms with Gasteiger partial charge < -0.3 is 9.84 Å². The maximum Gasteiger partial charge on any atom is 0.310 e. The molecule has 5 heteroatoms. The number of benzene rings is 1. The van der Waals surface area contributed by atoms with Crippen molar-refractivity contribution in [3.05, 3.63) is 34.9 Å². The summed E-state index contributed by atoms with van der Waals surface area (Å²) >= 11 is 6.04. The molecular weight excluding hydrogens is 278 g/mol. The molecule has 0 aromatic heterocycles. The number of halogens is 1. The molecule has 0 bridgehead atoms. The van der Waals surface area contributed by atoms with Crippen molar-refractivity contribution in [3.63, 3.8) is 0 Å². The normalized spacial score (nSPS) is 24.0. The van der Waals surface area contributed by atoms with Crippen molar-refractivity contribution in [1.29, 1.82) is 0 Å². The standard InChI is InChI=1S/C15H20ClNO3/c1-3-17(14-9-20-8-13(14)15(18)19)10(2)11-5-4-6-12(16)7-11/h4-7,10,13-14H,3,8-9H2,1-2H3,(H,18,19). The smallest absolute Gasteiger partial charge is 0.310 e. The Morgan fingerprint density at radius 1 is 1.55 bits per heavy atom. The number of hydrogen-bond donors (Lipinski definition) is 1.